The van der Waals surface area contributed by atoms with Crippen LogP contribution in [-0.2, 0) is 0 Å². The number of hydrogen-bond acceptors (Lipinski definition) is 3. The lowest BCUT2D eigenvalue weighted by atomic mass is 10.0. The molecular formula is C26H21ClFN3O. The molecule has 1 fully saturated rings. The number of rotatable bonds is 4. The number of anilines is 2. The van der Waals surface area contributed by atoms with Gasteiger partial charge in [-0.05, 0) is 60.7 Å². The first kappa shape index (κ1) is 20.5. The summed E-state index contributed by atoms with van der Waals surface area (Å²) in [5.41, 5.74) is 2.84. The molecule has 0 aliphatic carbocycles. The molecule has 0 spiro atoms. The number of fused-ring (bicyclic) bond motifs is 1. The first-order valence-corrected chi connectivity index (χ1v) is 11.0. The Labute approximate surface area is 190 Å². The van der Waals surface area contributed by atoms with Crippen LogP contribution in [-0.4, -0.2) is 24.0 Å². The van der Waals surface area contributed by atoms with Gasteiger partial charge in [0, 0.05) is 41.5 Å². The summed E-state index contributed by atoms with van der Waals surface area (Å²) in [6.45, 7) is 1.69. The number of pyridine rings is 1. The van der Waals surface area contributed by atoms with Crippen LogP contribution in [0.2, 0.25) is 5.02 Å². The van der Waals surface area contributed by atoms with Crippen LogP contribution < -0.4 is 10.2 Å². The quantitative estimate of drug-likeness (QED) is 0.387. The molecule has 1 aliphatic rings. The molecule has 1 amide bonds. The van der Waals surface area contributed by atoms with Gasteiger partial charge < -0.3 is 10.2 Å². The van der Waals surface area contributed by atoms with Crippen molar-refractivity contribution in [3.8, 4) is 11.3 Å². The molecule has 4 nitrogen and oxygen atoms in total. The molecule has 3 aromatic carbocycles. The van der Waals surface area contributed by atoms with E-state index in [1.54, 1.807) is 36.5 Å². The normalized spacial score (nSPS) is 13.5. The Balaban J connectivity index is 1.43. The molecule has 1 saturated heterocycles. The van der Waals surface area contributed by atoms with E-state index in [0.29, 0.717) is 16.4 Å². The number of aromatic nitrogens is 1. The average molecular weight is 446 g/mol. The van der Waals surface area contributed by atoms with Crippen molar-refractivity contribution in [2.75, 3.05) is 23.3 Å². The van der Waals surface area contributed by atoms with E-state index in [1.165, 1.54) is 6.07 Å². The van der Waals surface area contributed by atoms with E-state index in [4.69, 9.17) is 11.6 Å². The van der Waals surface area contributed by atoms with Crippen molar-refractivity contribution in [1.82, 2.24) is 4.98 Å². The number of hydrogen-bond donors (Lipinski definition) is 1. The van der Waals surface area contributed by atoms with Crippen molar-refractivity contribution < 1.29 is 9.18 Å². The summed E-state index contributed by atoms with van der Waals surface area (Å²) >= 11 is 6.48. The number of nitrogens with zero attached hydrogens (tertiary/aromatic N) is 2. The molecule has 1 aliphatic heterocycles. The Kier molecular flexibility index (Phi) is 5.50. The van der Waals surface area contributed by atoms with E-state index < -0.39 is 0 Å². The molecule has 1 aromatic heterocycles. The van der Waals surface area contributed by atoms with Gasteiger partial charge in [0.2, 0.25) is 0 Å². The Hall–Kier alpha value is -3.44. The minimum Gasteiger partial charge on any atom is -0.369 e. The SMILES string of the molecule is O=C(Nc1ccc(Cl)c(-c2nccc3ccccc23)c1)c1ccc(N2CCCC2)c(F)c1. The first-order chi connectivity index (χ1) is 15.6. The van der Waals surface area contributed by atoms with Gasteiger partial charge in [0.15, 0.2) is 0 Å². The fourth-order valence-corrected chi connectivity index (χ4v) is 4.39. The lowest BCUT2D eigenvalue weighted by Crippen LogP contribution is -2.19. The highest BCUT2D eigenvalue weighted by molar-refractivity contribution is 6.33. The zero-order valence-corrected chi connectivity index (χ0v) is 18.1. The van der Waals surface area contributed by atoms with Gasteiger partial charge in [0.1, 0.15) is 5.82 Å². The Morgan fingerprint density at radius 3 is 2.62 bits per heavy atom. The monoisotopic (exact) mass is 445 g/mol. The molecule has 0 radical (unpaired) electrons. The maximum atomic E-state index is 14.6. The number of amides is 1. The number of benzene rings is 3. The smallest absolute Gasteiger partial charge is 0.255 e. The molecule has 4 aromatic rings. The molecule has 1 N–H and O–H groups in total. The highest BCUT2D eigenvalue weighted by atomic mass is 35.5. The number of nitrogens with one attached hydrogen (secondary N) is 1. The zero-order chi connectivity index (χ0) is 22.1. The molecule has 0 bridgehead atoms. The van der Waals surface area contributed by atoms with Crippen molar-refractivity contribution in [3.05, 3.63) is 89.3 Å². The van der Waals surface area contributed by atoms with Crippen molar-refractivity contribution in [2.24, 2.45) is 0 Å². The molecule has 5 rings (SSSR count). The molecule has 0 atom stereocenters. The second-order valence-corrected chi connectivity index (χ2v) is 8.30. The van der Waals surface area contributed by atoms with Gasteiger partial charge in [-0.15, -0.1) is 0 Å². The fourth-order valence-electron chi connectivity index (χ4n) is 4.18. The molecular weight excluding hydrogens is 425 g/mol. The van der Waals surface area contributed by atoms with Gasteiger partial charge in [-0.25, -0.2) is 4.39 Å². The summed E-state index contributed by atoms with van der Waals surface area (Å²) in [5, 5.41) is 5.41. The summed E-state index contributed by atoms with van der Waals surface area (Å²) in [6.07, 6.45) is 3.86. The van der Waals surface area contributed by atoms with E-state index in [1.807, 2.05) is 35.2 Å². The lowest BCUT2D eigenvalue weighted by molar-refractivity contribution is 0.102. The molecule has 6 heteroatoms. The Bertz CT molecular complexity index is 1310. The van der Waals surface area contributed by atoms with Gasteiger partial charge in [0.25, 0.3) is 5.91 Å². The van der Waals surface area contributed by atoms with E-state index in [9.17, 15) is 9.18 Å². The number of halogens is 2. The van der Waals surface area contributed by atoms with Gasteiger partial charge in [-0.3, -0.25) is 9.78 Å². The molecule has 0 saturated carbocycles. The molecule has 160 valence electrons. The van der Waals surface area contributed by atoms with Crippen LogP contribution >= 0.6 is 11.6 Å². The summed E-state index contributed by atoms with van der Waals surface area (Å²) in [4.78, 5) is 19.3. The second kappa shape index (κ2) is 8.60. The highest BCUT2D eigenvalue weighted by Gasteiger charge is 2.18. The van der Waals surface area contributed by atoms with Gasteiger partial charge in [-0.2, -0.15) is 0 Å². The average Bonchev–Trinajstić information content (AvgIpc) is 3.34. The standard InChI is InChI=1S/C26H21ClFN3O/c27-22-9-8-19(16-21(22)25-20-6-2-1-5-17(20)11-12-29-25)30-26(32)18-7-10-24(23(28)15-18)31-13-3-4-14-31/h1-2,5-12,15-16H,3-4,13-14H2,(H,30,32). The van der Waals surface area contributed by atoms with Crippen LogP contribution in [0.1, 0.15) is 23.2 Å². The third-order valence-electron chi connectivity index (χ3n) is 5.81. The zero-order valence-electron chi connectivity index (χ0n) is 17.3. The van der Waals surface area contributed by atoms with Crippen LogP contribution in [0, 0.1) is 5.82 Å². The Morgan fingerprint density at radius 2 is 1.81 bits per heavy atom. The second-order valence-electron chi connectivity index (χ2n) is 7.89. The van der Waals surface area contributed by atoms with Gasteiger partial charge in [0.05, 0.1) is 16.4 Å². The van der Waals surface area contributed by atoms with Crippen molar-refractivity contribution in [2.45, 2.75) is 12.8 Å². The summed E-state index contributed by atoms with van der Waals surface area (Å²) in [5.74, 6) is -0.757. The summed E-state index contributed by atoms with van der Waals surface area (Å²) in [6, 6.07) is 19.8. The van der Waals surface area contributed by atoms with E-state index in [2.05, 4.69) is 10.3 Å². The van der Waals surface area contributed by atoms with Gasteiger partial charge in [-0.1, -0.05) is 35.9 Å². The van der Waals surface area contributed by atoms with Crippen molar-refractivity contribution >= 4 is 39.7 Å². The lowest BCUT2D eigenvalue weighted by Gasteiger charge is -2.18. The fraction of sp³-hybridized carbons (Fsp3) is 0.154. The molecule has 2 heterocycles. The molecule has 32 heavy (non-hydrogen) atoms. The summed E-state index contributed by atoms with van der Waals surface area (Å²) in [7, 11) is 0. The van der Waals surface area contributed by atoms with E-state index in [0.717, 1.165) is 48.0 Å². The van der Waals surface area contributed by atoms with Gasteiger partial charge >= 0.3 is 0 Å². The highest BCUT2D eigenvalue weighted by Crippen LogP contribution is 2.34. The third kappa shape index (κ3) is 3.92. The molecule has 0 unspecified atom stereocenters. The topological polar surface area (TPSA) is 45.2 Å². The van der Waals surface area contributed by atoms with Crippen molar-refractivity contribution in [3.63, 3.8) is 0 Å². The van der Waals surface area contributed by atoms with Crippen molar-refractivity contribution in [1.29, 1.82) is 0 Å². The van der Waals surface area contributed by atoms with Crippen LogP contribution in [0.5, 0.6) is 0 Å². The Morgan fingerprint density at radius 1 is 1.00 bits per heavy atom. The largest absolute Gasteiger partial charge is 0.369 e. The minimum atomic E-state index is -0.379. The maximum Gasteiger partial charge on any atom is 0.255 e. The van der Waals surface area contributed by atoms with Crippen LogP contribution in [0.15, 0.2) is 72.9 Å². The van der Waals surface area contributed by atoms with Crippen LogP contribution in [0.25, 0.3) is 22.0 Å². The van der Waals surface area contributed by atoms with Crippen LogP contribution in [0.4, 0.5) is 15.8 Å². The third-order valence-corrected chi connectivity index (χ3v) is 6.14. The number of carbonyl (C=O) groups is 1. The van der Waals surface area contributed by atoms with E-state index >= 15 is 0 Å². The predicted octanol–water partition coefficient (Wildman–Crippen LogP) is 6.55. The minimum absolute atomic E-state index is 0.269. The van der Waals surface area contributed by atoms with E-state index in [-0.39, 0.29) is 17.3 Å². The van der Waals surface area contributed by atoms with Crippen LogP contribution in [0.3, 0.4) is 0 Å². The number of carbonyl (C=O) groups excluding carboxylic acids is 1. The first-order valence-electron chi connectivity index (χ1n) is 10.6. The predicted molar refractivity (Wildman–Crippen MR) is 128 cm³/mol. The maximum absolute atomic E-state index is 14.6. The summed E-state index contributed by atoms with van der Waals surface area (Å²) < 4.78 is 14.6.